The lowest BCUT2D eigenvalue weighted by Gasteiger charge is -2.09. The summed E-state index contributed by atoms with van der Waals surface area (Å²) in [5, 5.41) is 3.48. The molecular weight excluding hydrogens is 220 g/mol. The molecule has 1 aromatic rings. The van der Waals surface area contributed by atoms with Gasteiger partial charge in [-0.05, 0) is 39.2 Å². The van der Waals surface area contributed by atoms with Crippen LogP contribution < -0.4 is 5.32 Å². The fourth-order valence-corrected chi connectivity index (χ4v) is 2.81. The van der Waals surface area contributed by atoms with E-state index in [9.17, 15) is 0 Å². The van der Waals surface area contributed by atoms with E-state index in [2.05, 4.69) is 17.2 Å². The van der Waals surface area contributed by atoms with Crippen molar-refractivity contribution >= 4 is 11.3 Å². The highest BCUT2D eigenvalue weighted by atomic mass is 32.1. The van der Waals surface area contributed by atoms with Crippen molar-refractivity contribution < 1.29 is 4.74 Å². The summed E-state index contributed by atoms with van der Waals surface area (Å²) in [7, 11) is 0. The molecule has 1 saturated heterocycles. The second kappa shape index (κ2) is 6.33. The highest BCUT2D eigenvalue weighted by molar-refractivity contribution is 7.09. The van der Waals surface area contributed by atoms with Gasteiger partial charge in [0.05, 0.1) is 17.3 Å². The van der Waals surface area contributed by atoms with Crippen molar-refractivity contribution in [1.82, 2.24) is 10.3 Å². The van der Waals surface area contributed by atoms with Gasteiger partial charge in [-0.15, -0.1) is 11.3 Å². The number of hydrogen-bond donors (Lipinski definition) is 1. The second-order valence-electron chi connectivity index (χ2n) is 4.28. The quantitative estimate of drug-likeness (QED) is 0.774. The number of nitrogens with zero attached hydrogens (tertiary/aromatic N) is 1. The van der Waals surface area contributed by atoms with E-state index < -0.39 is 0 Å². The molecule has 2 rings (SSSR count). The molecule has 0 aromatic carbocycles. The van der Waals surface area contributed by atoms with Gasteiger partial charge in [0.25, 0.3) is 0 Å². The summed E-state index contributed by atoms with van der Waals surface area (Å²) in [4.78, 5) is 5.66. The zero-order valence-corrected chi connectivity index (χ0v) is 10.7. The van der Waals surface area contributed by atoms with E-state index in [1.807, 2.05) is 5.51 Å². The van der Waals surface area contributed by atoms with Crippen LogP contribution in [0.5, 0.6) is 0 Å². The highest BCUT2D eigenvalue weighted by Crippen LogP contribution is 2.14. The zero-order valence-electron chi connectivity index (χ0n) is 9.87. The van der Waals surface area contributed by atoms with Crippen LogP contribution in [0.25, 0.3) is 0 Å². The van der Waals surface area contributed by atoms with Crippen molar-refractivity contribution in [3.8, 4) is 0 Å². The van der Waals surface area contributed by atoms with Crippen LogP contribution in [0.3, 0.4) is 0 Å². The number of ether oxygens (including phenoxy) is 1. The van der Waals surface area contributed by atoms with E-state index in [0.717, 1.165) is 32.5 Å². The fourth-order valence-electron chi connectivity index (χ4n) is 2.03. The van der Waals surface area contributed by atoms with Gasteiger partial charge in [-0.25, -0.2) is 4.98 Å². The molecular formula is C12H20N2OS. The van der Waals surface area contributed by atoms with Crippen LogP contribution in [-0.4, -0.2) is 30.8 Å². The van der Waals surface area contributed by atoms with Crippen LogP contribution in [-0.2, 0) is 11.2 Å². The third kappa shape index (κ3) is 3.54. The topological polar surface area (TPSA) is 34.2 Å². The van der Waals surface area contributed by atoms with Crippen LogP contribution in [0.15, 0.2) is 5.51 Å². The Labute approximate surface area is 101 Å². The van der Waals surface area contributed by atoms with Gasteiger partial charge in [0, 0.05) is 18.0 Å². The predicted octanol–water partition coefficient (Wildman–Crippen LogP) is 2.15. The number of aromatic nitrogens is 1. The fraction of sp³-hybridized carbons (Fsp3) is 0.750. The van der Waals surface area contributed by atoms with Crippen molar-refractivity contribution in [3.05, 3.63) is 16.1 Å². The van der Waals surface area contributed by atoms with E-state index in [1.165, 1.54) is 23.4 Å². The molecule has 2 heterocycles. The van der Waals surface area contributed by atoms with Crippen LogP contribution in [0.2, 0.25) is 0 Å². The third-order valence-electron chi connectivity index (χ3n) is 3.04. The SMILES string of the molecule is Cc1ncsc1CCNCCC1CCCO1. The first-order chi connectivity index (χ1) is 7.86. The largest absolute Gasteiger partial charge is 0.378 e. The lowest BCUT2D eigenvalue weighted by atomic mass is 10.2. The lowest BCUT2D eigenvalue weighted by molar-refractivity contribution is 0.104. The molecule has 0 aliphatic carbocycles. The minimum atomic E-state index is 0.512. The maximum atomic E-state index is 5.58. The Morgan fingerprint density at radius 1 is 1.56 bits per heavy atom. The molecule has 0 amide bonds. The van der Waals surface area contributed by atoms with Crippen LogP contribution >= 0.6 is 11.3 Å². The third-order valence-corrected chi connectivity index (χ3v) is 4.04. The molecule has 90 valence electrons. The normalized spacial score (nSPS) is 20.4. The number of aryl methyl sites for hydroxylation is 1. The summed E-state index contributed by atoms with van der Waals surface area (Å²) in [6, 6.07) is 0. The summed E-state index contributed by atoms with van der Waals surface area (Å²) >= 11 is 1.76. The van der Waals surface area contributed by atoms with Crippen molar-refractivity contribution in [2.75, 3.05) is 19.7 Å². The Balaban J connectivity index is 1.53. The monoisotopic (exact) mass is 240 g/mol. The predicted molar refractivity (Wildman–Crippen MR) is 67.0 cm³/mol. The smallest absolute Gasteiger partial charge is 0.0797 e. The van der Waals surface area contributed by atoms with Gasteiger partial charge in [-0.3, -0.25) is 0 Å². The van der Waals surface area contributed by atoms with E-state index in [1.54, 1.807) is 11.3 Å². The molecule has 1 aliphatic rings. The molecule has 0 spiro atoms. The van der Waals surface area contributed by atoms with Gasteiger partial charge >= 0.3 is 0 Å². The minimum absolute atomic E-state index is 0.512. The zero-order chi connectivity index (χ0) is 11.2. The van der Waals surface area contributed by atoms with E-state index in [0.29, 0.717) is 6.10 Å². The van der Waals surface area contributed by atoms with Gasteiger partial charge in [-0.2, -0.15) is 0 Å². The van der Waals surface area contributed by atoms with Crippen LogP contribution in [0.1, 0.15) is 29.8 Å². The summed E-state index contributed by atoms with van der Waals surface area (Å²) < 4.78 is 5.58. The van der Waals surface area contributed by atoms with Crippen molar-refractivity contribution in [2.45, 2.75) is 38.7 Å². The standard InChI is InChI=1S/C12H20N2OS/c1-10-12(16-9-14-10)5-7-13-6-4-11-3-2-8-15-11/h9,11,13H,2-8H2,1H3. The van der Waals surface area contributed by atoms with Gasteiger partial charge in [0.15, 0.2) is 0 Å². The van der Waals surface area contributed by atoms with Gasteiger partial charge in [0.1, 0.15) is 0 Å². The Morgan fingerprint density at radius 3 is 3.19 bits per heavy atom. The minimum Gasteiger partial charge on any atom is -0.378 e. The number of rotatable bonds is 6. The number of hydrogen-bond acceptors (Lipinski definition) is 4. The maximum absolute atomic E-state index is 5.58. The maximum Gasteiger partial charge on any atom is 0.0797 e. The second-order valence-corrected chi connectivity index (χ2v) is 5.22. The average molecular weight is 240 g/mol. The summed E-state index contributed by atoms with van der Waals surface area (Å²) in [6.45, 7) is 5.17. The average Bonchev–Trinajstić information content (AvgIpc) is 2.90. The molecule has 16 heavy (non-hydrogen) atoms. The molecule has 1 N–H and O–H groups in total. The number of thiazole rings is 1. The Morgan fingerprint density at radius 2 is 2.50 bits per heavy atom. The molecule has 1 aromatic heterocycles. The van der Waals surface area contributed by atoms with Gasteiger partial charge in [0.2, 0.25) is 0 Å². The van der Waals surface area contributed by atoms with Crippen LogP contribution in [0.4, 0.5) is 0 Å². The summed E-state index contributed by atoms with van der Waals surface area (Å²) in [5.74, 6) is 0. The van der Waals surface area contributed by atoms with E-state index in [-0.39, 0.29) is 0 Å². The highest BCUT2D eigenvalue weighted by Gasteiger charge is 2.14. The molecule has 0 bridgehead atoms. The molecule has 0 radical (unpaired) electrons. The Hall–Kier alpha value is -0.450. The summed E-state index contributed by atoms with van der Waals surface area (Å²) in [6.07, 6.45) is 5.25. The molecule has 1 fully saturated rings. The van der Waals surface area contributed by atoms with Crippen molar-refractivity contribution in [3.63, 3.8) is 0 Å². The molecule has 1 atom stereocenters. The number of nitrogens with one attached hydrogen (secondary N) is 1. The molecule has 4 heteroatoms. The molecule has 3 nitrogen and oxygen atoms in total. The molecule has 1 aliphatic heterocycles. The first kappa shape index (κ1) is 12.0. The Bertz CT molecular complexity index is 308. The van der Waals surface area contributed by atoms with E-state index in [4.69, 9.17) is 4.74 Å². The van der Waals surface area contributed by atoms with Crippen molar-refractivity contribution in [2.24, 2.45) is 0 Å². The first-order valence-electron chi connectivity index (χ1n) is 6.07. The van der Waals surface area contributed by atoms with Crippen molar-refractivity contribution in [1.29, 1.82) is 0 Å². The Kier molecular flexibility index (Phi) is 4.75. The summed E-state index contributed by atoms with van der Waals surface area (Å²) in [5.41, 5.74) is 3.11. The van der Waals surface area contributed by atoms with Gasteiger partial charge < -0.3 is 10.1 Å². The first-order valence-corrected chi connectivity index (χ1v) is 6.95. The van der Waals surface area contributed by atoms with Crippen LogP contribution in [0, 0.1) is 6.92 Å². The van der Waals surface area contributed by atoms with E-state index >= 15 is 0 Å². The molecule has 0 saturated carbocycles. The molecule has 1 unspecified atom stereocenters. The van der Waals surface area contributed by atoms with Gasteiger partial charge in [-0.1, -0.05) is 0 Å². The lowest BCUT2D eigenvalue weighted by Crippen LogP contribution is -2.22.